The zero-order chi connectivity index (χ0) is 14.3. The Balaban J connectivity index is 2.78. The van der Waals surface area contributed by atoms with Crippen molar-refractivity contribution in [2.75, 3.05) is 14.2 Å². The third-order valence-electron chi connectivity index (χ3n) is 2.68. The molecule has 104 valence electrons. The van der Waals surface area contributed by atoms with Gasteiger partial charge >= 0.3 is 5.97 Å². The van der Waals surface area contributed by atoms with Crippen LogP contribution in [0.3, 0.4) is 0 Å². The predicted molar refractivity (Wildman–Crippen MR) is 74.4 cm³/mol. The fourth-order valence-electron chi connectivity index (χ4n) is 1.41. The van der Waals surface area contributed by atoms with Crippen molar-refractivity contribution in [1.29, 1.82) is 0 Å². The van der Waals surface area contributed by atoms with Crippen LogP contribution in [-0.4, -0.2) is 26.3 Å². The van der Waals surface area contributed by atoms with Gasteiger partial charge in [0.05, 0.1) is 20.3 Å². The van der Waals surface area contributed by atoms with Crippen molar-refractivity contribution >= 4 is 12.0 Å². The van der Waals surface area contributed by atoms with Crippen LogP contribution in [0, 0.1) is 0 Å². The molecule has 1 unspecified atom stereocenters. The maximum Gasteiger partial charge on any atom is 0.331 e. The first-order valence-electron chi connectivity index (χ1n) is 6.20. The molecule has 4 nitrogen and oxygen atoms in total. The first-order chi connectivity index (χ1) is 9.08. The molecule has 0 aromatic heterocycles. The highest BCUT2D eigenvalue weighted by atomic mass is 16.5. The van der Waals surface area contributed by atoms with E-state index in [0.29, 0.717) is 11.5 Å². The molecule has 1 rings (SSSR count). The van der Waals surface area contributed by atoms with Crippen molar-refractivity contribution in [3.8, 4) is 11.5 Å². The van der Waals surface area contributed by atoms with E-state index in [1.54, 1.807) is 26.4 Å². The molecule has 0 saturated carbocycles. The van der Waals surface area contributed by atoms with Crippen molar-refractivity contribution in [3.05, 3.63) is 29.8 Å². The van der Waals surface area contributed by atoms with E-state index < -0.39 is 0 Å². The van der Waals surface area contributed by atoms with Crippen molar-refractivity contribution in [3.63, 3.8) is 0 Å². The Morgan fingerprint density at radius 1 is 1.21 bits per heavy atom. The van der Waals surface area contributed by atoms with Crippen LogP contribution in [0.2, 0.25) is 0 Å². The number of rotatable bonds is 6. The molecule has 1 aromatic rings. The molecule has 19 heavy (non-hydrogen) atoms. The summed E-state index contributed by atoms with van der Waals surface area (Å²) in [4.78, 5) is 11.5. The Morgan fingerprint density at radius 3 is 2.26 bits per heavy atom. The van der Waals surface area contributed by atoms with Crippen LogP contribution < -0.4 is 9.47 Å². The second-order valence-corrected chi connectivity index (χ2v) is 4.14. The van der Waals surface area contributed by atoms with E-state index in [4.69, 9.17) is 14.2 Å². The molecule has 0 amide bonds. The van der Waals surface area contributed by atoms with Crippen LogP contribution in [-0.2, 0) is 9.53 Å². The lowest BCUT2D eigenvalue weighted by Gasteiger charge is -2.08. The molecule has 0 saturated heterocycles. The summed E-state index contributed by atoms with van der Waals surface area (Å²) in [5, 5.41) is 0. The summed E-state index contributed by atoms with van der Waals surface area (Å²) in [6.07, 6.45) is 3.81. The molecular formula is C15H20O4. The van der Waals surface area contributed by atoms with Crippen molar-refractivity contribution in [1.82, 2.24) is 0 Å². The van der Waals surface area contributed by atoms with Gasteiger partial charge in [-0.15, -0.1) is 0 Å². The zero-order valence-corrected chi connectivity index (χ0v) is 11.8. The molecule has 1 atom stereocenters. The Labute approximate surface area is 114 Å². The molecule has 4 heteroatoms. The van der Waals surface area contributed by atoms with Gasteiger partial charge in [0.15, 0.2) is 0 Å². The topological polar surface area (TPSA) is 44.8 Å². The van der Waals surface area contributed by atoms with Gasteiger partial charge in [-0.3, -0.25) is 0 Å². The normalized spacial score (nSPS) is 12.2. The molecular weight excluding hydrogens is 244 g/mol. The number of methoxy groups -OCH3 is 2. The zero-order valence-electron chi connectivity index (χ0n) is 11.8. The molecule has 0 aliphatic carbocycles. The van der Waals surface area contributed by atoms with Crippen molar-refractivity contribution < 1.29 is 19.0 Å². The maximum atomic E-state index is 11.5. The van der Waals surface area contributed by atoms with E-state index in [1.165, 1.54) is 6.08 Å². The number of benzene rings is 1. The summed E-state index contributed by atoms with van der Waals surface area (Å²) in [6, 6.07) is 5.40. The largest absolute Gasteiger partial charge is 0.497 e. The number of esters is 1. The van der Waals surface area contributed by atoms with E-state index in [9.17, 15) is 4.79 Å². The van der Waals surface area contributed by atoms with E-state index in [0.717, 1.165) is 12.0 Å². The van der Waals surface area contributed by atoms with Gasteiger partial charge in [-0.1, -0.05) is 6.92 Å². The smallest absolute Gasteiger partial charge is 0.331 e. The van der Waals surface area contributed by atoms with E-state index >= 15 is 0 Å². The van der Waals surface area contributed by atoms with Gasteiger partial charge in [0.2, 0.25) is 0 Å². The van der Waals surface area contributed by atoms with Gasteiger partial charge in [-0.2, -0.15) is 0 Å². The summed E-state index contributed by atoms with van der Waals surface area (Å²) in [5.41, 5.74) is 0.817. The summed E-state index contributed by atoms with van der Waals surface area (Å²) >= 11 is 0. The fourth-order valence-corrected chi connectivity index (χ4v) is 1.41. The summed E-state index contributed by atoms with van der Waals surface area (Å²) in [6.45, 7) is 3.83. The molecule has 0 aliphatic heterocycles. The first-order valence-corrected chi connectivity index (χ1v) is 6.20. The standard InChI is InChI=1S/C15H20O4/c1-5-11(2)19-15(16)7-6-12-8-13(17-3)10-14(9-12)18-4/h6-11H,5H2,1-4H3. The molecule has 0 fully saturated rings. The lowest BCUT2D eigenvalue weighted by atomic mass is 10.2. The minimum absolute atomic E-state index is 0.0722. The third kappa shape index (κ3) is 5.04. The van der Waals surface area contributed by atoms with E-state index in [-0.39, 0.29) is 12.1 Å². The summed E-state index contributed by atoms with van der Waals surface area (Å²) in [5.74, 6) is 1.000. The van der Waals surface area contributed by atoms with Crippen LogP contribution in [0.25, 0.3) is 6.08 Å². The average molecular weight is 264 g/mol. The molecule has 0 radical (unpaired) electrons. The highest BCUT2D eigenvalue weighted by Crippen LogP contribution is 2.23. The third-order valence-corrected chi connectivity index (χ3v) is 2.68. The first kappa shape index (κ1) is 15.1. The summed E-state index contributed by atoms with van der Waals surface area (Å²) in [7, 11) is 3.17. The molecule has 0 aliphatic rings. The van der Waals surface area contributed by atoms with Crippen LogP contribution >= 0.6 is 0 Å². The van der Waals surface area contributed by atoms with Crippen LogP contribution in [0.15, 0.2) is 24.3 Å². The molecule has 0 spiro atoms. The number of hydrogen-bond acceptors (Lipinski definition) is 4. The van der Waals surface area contributed by atoms with E-state index in [1.807, 2.05) is 26.0 Å². The maximum absolute atomic E-state index is 11.5. The minimum atomic E-state index is -0.351. The van der Waals surface area contributed by atoms with Gasteiger partial charge in [0, 0.05) is 12.1 Å². The minimum Gasteiger partial charge on any atom is -0.497 e. The van der Waals surface area contributed by atoms with Gasteiger partial charge in [-0.05, 0) is 37.1 Å². The van der Waals surface area contributed by atoms with Crippen molar-refractivity contribution in [2.24, 2.45) is 0 Å². The molecule has 0 heterocycles. The number of carbonyl (C=O) groups is 1. The van der Waals surface area contributed by atoms with Crippen molar-refractivity contribution in [2.45, 2.75) is 26.4 Å². The average Bonchev–Trinajstić information content (AvgIpc) is 2.44. The van der Waals surface area contributed by atoms with E-state index in [2.05, 4.69) is 0 Å². The Bertz CT molecular complexity index is 429. The quantitative estimate of drug-likeness (QED) is 0.585. The van der Waals surface area contributed by atoms with Crippen LogP contribution in [0.5, 0.6) is 11.5 Å². The second-order valence-electron chi connectivity index (χ2n) is 4.14. The number of hydrogen-bond donors (Lipinski definition) is 0. The highest BCUT2D eigenvalue weighted by Gasteiger charge is 2.04. The van der Waals surface area contributed by atoms with Gasteiger partial charge in [0.1, 0.15) is 11.5 Å². The van der Waals surface area contributed by atoms with Crippen LogP contribution in [0.1, 0.15) is 25.8 Å². The second kappa shape index (κ2) is 7.46. The fraction of sp³-hybridized carbons (Fsp3) is 0.400. The molecule has 0 N–H and O–H groups in total. The summed E-state index contributed by atoms with van der Waals surface area (Å²) < 4.78 is 15.5. The number of carbonyl (C=O) groups excluding carboxylic acids is 1. The Kier molecular flexibility index (Phi) is 5.93. The van der Waals surface area contributed by atoms with Crippen LogP contribution in [0.4, 0.5) is 0 Å². The SMILES string of the molecule is CCC(C)OC(=O)C=Cc1cc(OC)cc(OC)c1. The van der Waals surface area contributed by atoms with Gasteiger partial charge in [-0.25, -0.2) is 4.79 Å². The van der Waals surface area contributed by atoms with Gasteiger partial charge in [0.25, 0.3) is 0 Å². The molecule has 0 bridgehead atoms. The Hall–Kier alpha value is -1.97. The molecule has 1 aromatic carbocycles. The highest BCUT2D eigenvalue weighted by molar-refractivity contribution is 5.87. The van der Waals surface area contributed by atoms with Gasteiger partial charge < -0.3 is 14.2 Å². The monoisotopic (exact) mass is 264 g/mol. The lowest BCUT2D eigenvalue weighted by molar-refractivity contribution is -0.142. The number of ether oxygens (including phenoxy) is 3. The Morgan fingerprint density at radius 2 is 1.79 bits per heavy atom. The lowest BCUT2D eigenvalue weighted by Crippen LogP contribution is -2.11. The predicted octanol–water partition coefficient (Wildman–Crippen LogP) is 3.06.